The fourth-order valence-corrected chi connectivity index (χ4v) is 0.887. The Morgan fingerprint density at radius 2 is 2.27 bits per heavy atom. The summed E-state index contributed by atoms with van der Waals surface area (Å²) in [4.78, 5) is 10.5. The first-order valence-corrected chi connectivity index (χ1v) is 3.65. The molecule has 2 N–H and O–H groups in total. The van der Waals surface area contributed by atoms with Gasteiger partial charge in [-0.05, 0) is 12.8 Å². The van der Waals surface area contributed by atoms with Crippen molar-refractivity contribution in [1.82, 2.24) is 0 Å². The lowest BCUT2D eigenvalue weighted by atomic mass is 9.97. The van der Waals surface area contributed by atoms with Crippen LogP contribution in [0.3, 0.4) is 0 Å². The van der Waals surface area contributed by atoms with Crippen LogP contribution in [0.1, 0.15) is 19.8 Å². The third kappa shape index (κ3) is 3.18. The molecule has 0 saturated heterocycles. The first-order valence-electron chi connectivity index (χ1n) is 3.65. The topological polar surface area (TPSA) is 57.5 Å². The third-order valence-corrected chi connectivity index (χ3v) is 1.62. The Balaban J connectivity index is 4.08. The number of allylic oxidation sites excluding steroid dienone is 1. The van der Waals surface area contributed by atoms with Crippen molar-refractivity contribution in [2.45, 2.75) is 25.9 Å². The van der Waals surface area contributed by atoms with E-state index in [-0.39, 0.29) is 0 Å². The van der Waals surface area contributed by atoms with Gasteiger partial charge in [0.05, 0.1) is 12.0 Å². The van der Waals surface area contributed by atoms with Crippen molar-refractivity contribution in [1.29, 1.82) is 0 Å². The Labute approximate surface area is 66.4 Å². The highest BCUT2D eigenvalue weighted by Gasteiger charge is 2.23. The number of carboxylic acid groups (broad SMARTS) is 1. The Kier molecular flexibility index (Phi) is 4.54. The second kappa shape index (κ2) is 4.91. The monoisotopic (exact) mass is 158 g/mol. The maximum Gasteiger partial charge on any atom is 0.309 e. The number of carboxylic acids is 1. The van der Waals surface area contributed by atoms with Crippen LogP contribution in [-0.2, 0) is 4.79 Å². The van der Waals surface area contributed by atoms with Crippen molar-refractivity contribution in [3.05, 3.63) is 12.7 Å². The van der Waals surface area contributed by atoms with Gasteiger partial charge in [0, 0.05) is 0 Å². The minimum atomic E-state index is -0.959. The minimum Gasteiger partial charge on any atom is -0.481 e. The van der Waals surface area contributed by atoms with E-state index in [1.807, 2.05) is 0 Å². The SMILES string of the molecule is C=CC[C@@H](C(=O)O)C(O)CC. The molecule has 0 aliphatic heterocycles. The Bertz CT molecular complexity index is 142. The average Bonchev–Trinajstić information content (AvgIpc) is 1.98. The maximum absolute atomic E-state index is 10.5. The number of hydrogen-bond donors (Lipinski definition) is 2. The molecule has 0 bridgehead atoms. The van der Waals surface area contributed by atoms with E-state index < -0.39 is 18.0 Å². The summed E-state index contributed by atoms with van der Waals surface area (Å²) in [5, 5.41) is 17.8. The van der Waals surface area contributed by atoms with E-state index in [0.29, 0.717) is 12.8 Å². The number of carbonyl (C=O) groups is 1. The second-order valence-corrected chi connectivity index (χ2v) is 2.44. The van der Waals surface area contributed by atoms with Crippen molar-refractivity contribution >= 4 is 5.97 Å². The van der Waals surface area contributed by atoms with Crippen molar-refractivity contribution in [3.63, 3.8) is 0 Å². The van der Waals surface area contributed by atoms with Crippen LogP contribution in [0.15, 0.2) is 12.7 Å². The summed E-state index contributed by atoms with van der Waals surface area (Å²) < 4.78 is 0. The zero-order valence-electron chi connectivity index (χ0n) is 6.66. The largest absolute Gasteiger partial charge is 0.481 e. The van der Waals surface area contributed by atoms with Gasteiger partial charge in [0.15, 0.2) is 0 Å². The van der Waals surface area contributed by atoms with Crippen LogP contribution in [0.25, 0.3) is 0 Å². The summed E-state index contributed by atoms with van der Waals surface area (Å²) in [5.74, 6) is -1.66. The molecule has 0 aromatic carbocycles. The molecule has 0 aliphatic carbocycles. The van der Waals surface area contributed by atoms with Gasteiger partial charge in [-0.25, -0.2) is 0 Å². The van der Waals surface area contributed by atoms with E-state index >= 15 is 0 Å². The normalized spacial score (nSPS) is 15.5. The molecule has 0 amide bonds. The van der Waals surface area contributed by atoms with Crippen LogP contribution in [0.4, 0.5) is 0 Å². The summed E-state index contributed by atoms with van der Waals surface area (Å²) >= 11 is 0. The quantitative estimate of drug-likeness (QED) is 0.587. The number of hydrogen-bond acceptors (Lipinski definition) is 2. The summed E-state index contributed by atoms with van der Waals surface area (Å²) in [7, 11) is 0. The van der Waals surface area contributed by atoms with Crippen molar-refractivity contribution in [2.24, 2.45) is 5.92 Å². The molecule has 0 aromatic rings. The lowest BCUT2D eigenvalue weighted by Gasteiger charge is -2.14. The Morgan fingerprint density at radius 3 is 2.55 bits per heavy atom. The molecule has 11 heavy (non-hydrogen) atoms. The predicted molar refractivity (Wildman–Crippen MR) is 42.2 cm³/mol. The fraction of sp³-hybridized carbons (Fsp3) is 0.625. The summed E-state index contributed by atoms with van der Waals surface area (Å²) in [5.41, 5.74) is 0. The molecule has 64 valence electrons. The molecule has 3 heteroatoms. The van der Waals surface area contributed by atoms with Gasteiger partial charge in [-0.15, -0.1) is 6.58 Å². The highest BCUT2D eigenvalue weighted by Crippen LogP contribution is 2.12. The van der Waals surface area contributed by atoms with Crippen LogP contribution in [0, 0.1) is 5.92 Å². The Hall–Kier alpha value is -0.830. The van der Waals surface area contributed by atoms with E-state index in [4.69, 9.17) is 5.11 Å². The van der Waals surface area contributed by atoms with E-state index in [1.54, 1.807) is 6.92 Å². The van der Waals surface area contributed by atoms with Gasteiger partial charge in [-0.3, -0.25) is 4.79 Å². The maximum atomic E-state index is 10.5. The molecule has 0 rings (SSSR count). The molecule has 0 spiro atoms. The molecule has 3 nitrogen and oxygen atoms in total. The second-order valence-electron chi connectivity index (χ2n) is 2.44. The molecule has 0 saturated carbocycles. The van der Waals surface area contributed by atoms with Crippen LogP contribution in [0.5, 0.6) is 0 Å². The van der Waals surface area contributed by atoms with E-state index in [1.165, 1.54) is 6.08 Å². The lowest BCUT2D eigenvalue weighted by Crippen LogP contribution is -2.26. The highest BCUT2D eigenvalue weighted by molar-refractivity contribution is 5.70. The molecular formula is C8H14O3. The van der Waals surface area contributed by atoms with Gasteiger partial charge in [-0.1, -0.05) is 13.0 Å². The van der Waals surface area contributed by atoms with Crippen LogP contribution < -0.4 is 0 Å². The molecule has 0 aliphatic rings. The summed E-state index contributed by atoms with van der Waals surface area (Å²) in [6, 6.07) is 0. The van der Waals surface area contributed by atoms with Gasteiger partial charge in [0.25, 0.3) is 0 Å². The standard InChI is InChI=1S/C8H14O3/c1-3-5-6(8(10)11)7(9)4-2/h3,6-7,9H,1,4-5H2,2H3,(H,10,11)/t6-,7?/m1/s1. The zero-order valence-corrected chi connectivity index (χ0v) is 6.66. The van der Waals surface area contributed by atoms with Gasteiger partial charge >= 0.3 is 5.97 Å². The van der Waals surface area contributed by atoms with Crippen LogP contribution >= 0.6 is 0 Å². The predicted octanol–water partition coefficient (Wildman–Crippen LogP) is 1.03. The van der Waals surface area contributed by atoms with Gasteiger partial charge in [0.1, 0.15) is 0 Å². The van der Waals surface area contributed by atoms with Crippen LogP contribution in [-0.4, -0.2) is 22.3 Å². The average molecular weight is 158 g/mol. The molecule has 0 fully saturated rings. The van der Waals surface area contributed by atoms with Gasteiger partial charge in [-0.2, -0.15) is 0 Å². The number of aliphatic hydroxyl groups excluding tert-OH is 1. The number of aliphatic hydroxyl groups is 1. The molecular weight excluding hydrogens is 144 g/mol. The molecule has 0 radical (unpaired) electrons. The Morgan fingerprint density at radius 1 is 1.73 bits per heavy atom. The third-order valence-electron chi connectivity index (χ3n) is 1.62. The van der Waals surface area contributed by atoms with Crippen molar-refractivity contribution in [3.8, 4) is 0 Å². The molecule has 0 aromatic heterocycles. The minimum absolute atomic E-state index is 0.324. The highest BCUT2D eigenvalue weighted by atomic mass is 16.4. The first-order chi connectivity index (χ1) is 5.13. The number of rotatable bonds is 5. The zero-order chi connectivity index (χ0) is 8.85. The lowest BCUT2D eigenvalue weighted by molar-refractivity contribution is -0.145. The van der Waals surface area contributed by atoms with E-state index in [2.05, 4.69) is 6.58 Å². The summed E-state index contributed by atoms with van der Waals surface area (Å²) in [6.45, 7) is 5.18. The number of aliphatic carboxylic acids is 1. The van der Waals surface area contributed by atoms with Crippen LogP contribution in [0.2, 0.25) is 0 Å². The first kappa shape index (κ1) is 10.2. The van der Waals surface area contributed by atoms with Gasteiger partial charge < -0.3 is 10.2 Å². The van der Waals surface area contributed by atoms with Crippen molar-refractivity contribution in [2.75, 3.05) is 0 Å². The van der Waals surface area contributed by atoms with Gasteiger partial charge in [0.2, 0.25) is 0 Å². The fourth-order valence-electron chi connectivity index (χ4n) is 0.887. The molecule has 2 atom stereocenters. The smallest absolute Gasteiger partial charge is 0.309 e. The van der Waals surface area contributed by atoms with E-state index in [0.717, 1.165) is 0 Å². The van der Waals surface area contributed by atoms with Crippen molar-refractivity contribution < 1.29 is 15.0 Å². The summed E-state index contributed by atoms with van der Waals surface area (Å²) in [6.07, 6.45) is 1.54. The van der Waals surface area contributed by atoms with E-state index in [9.17, 15) is 9.90 Å². The molecule has 0 heterocycles. The molecule has 1 unspecified atom stereocenters.